The third-order valence-corrected chi connectivity index (χ3v) is 2.68. The standard InChI is InChI=1S/C12H19NO3/c1-9(14)12(2,3)13-11(15)7-6-10-5-4-8-16-10/h4-5,8-9,14H,6-7H2,1-3H3,(H,13,15). The Morgan fingerprint density at radius 3 is 2.81 bits per heavy atom. The summed E-state index contributed by atoms with van der Waals surface area (Å²) in [5.74, 6) is 0.715. The van der Waals surface area contributed by atoms with Crippen molar-refractivity contribution < 1.29 is 14.3 Å². The number of aryl methyl sites for hydroxylation is 1. The minimum atomic E-state index is -0.597. The van der Waals surface area contributed by atoms with Crippen LogP contribution in [0, 0.1) is 0 Å². The molecule has 1 rings (SSSR count). The van der Waals surface area contributed by atoms with Gasteiger partial charge in [-0.15, -0.1) is 0 Å². The lowest BCUT2D eigenvalue weighted by Crippen LogP contribution is -2.51. The molecule has 1 aromatic rings. The van der Waals surface area contributed by atoms with Gasteiger partial charge in [-0.25, -0.2) is 0 Å². The molecule has 0 aliphatic carbocycles. The fourth-order valence-electron chi connectivity index (χ4n) is 1.22. The highest BCUT2D eigenvalue weighted by atomic mass is 16.3. The molecule has 0 aliphatic rings. The Hall–Kier alpha value is -1.29. The zero-order chi connectivity index (χ0) is 12.2. The van der Waals surface area contributed by atoms with E-state index in [4.69, 9.17) is 4.42 Å². The number of furan rings is 1. The summed E-state index contributed by atoms with van der Waals surface area (Å²) in [7, 11) is 0. The molecule has 0 radical (unpaired) electrons. The molecule has 1 amide bonds. The quantitative estimate of drug-likeness (QED) is 0.798. The molecule has 1 atom stereocenters. The maximum absolute atomic E-state index is 11.6. The van der Waals surface area contributed by atoms with Gasteiger partial charge in [0.1, 0.15) is 5.76 Å². The third-order valence-electron chi connectivity index (χ3n) is 2.68. The monoisotopic (exact) mass is 225 g/mol. The molecule has 0 spiro atoms. The predicted molar refractivity (Wildman–Crippen MR) is 60.9 cm³/mol. The number of amides is 1. The molecule has 0 aromatic carbocycles. The normalized spacial score (nSPS) is 13.5. The SMILES string of the molecule is CC(O)C(C)(C)NC(=O)CCc1ccco1. The third kappa shape index (κ3) is 3.70. The first kappa shape index (κ1) is 12.8. The van der Waals surface area contributed by atoms with E-state index in [2.05, 4.69) is 5.32 Å². The first-order chi connectivity index (χ1) is 7.42. The lowest BCUT2D eigenvalue weighted by molar-refractivity contribution is -0.124. The van der Waals surface area contributed by atoms with Crippen molar-refractivity contribution >= 4 is 5.91 Å². The van der Waals surface area contributed by atoms with E-state index in [1.807, 2.05) is 6.07 Å². The van der Waals surface area contributed by atoms with Gasteiger partial charge in [0.25, 0.3) is 0 Å². The van der Waals surface area contributed by atoms with Crippen LogP contribution in [0.2, 0.25) is 0 Å². The molecule has 0 bridgehead atoms. The molecule has 0 saturated heterocycles. The highest BCUT2D eigenvalue weighted by Crippen LogP contribution is 2.09. The van der Waals surface area contributed by atoms with Crippen molar-refractivity contribution in [1.29, 1.82) is 0 Å². The first-order valence-corrected chi connectivity index (χ1v) is 5.43. The second-order valence-electron chi connectivity index (χ2n) is 4.53. The van der Waals surface area contributed by atoms with Crippen molar-refractivity contribution in [2.45, 2.75) is 45.3 Å². The topological polar surface area (TPSA) is 62.5 Å². The Bertz CT molecular complexity index is 328. The molecule has 0 fully saturated rings. The molecule has 4 heteroatoms. The van der Waals surface area contributed by atoms with Crippen molar-refractivity contribution in [2.24, 2.45) is 0 Å². The molecule has 0 aliphatic heterocycles. The molecule has 16 heavy (non-hydrogen) atoms. The Morgan fingerprint density at radius 1 is 1.62 bits per heavy atom. The predicted octanol–water partition coefficient (Wildman–Crippen LogP) is 1.49. The van der Waals surface area contributed by atoms with Crippen molar-refractivity contribution in [2.75, 3.05) is 0 Å². The summed E-state index contributed by atoms with van der Waals surface area (Å²) in [4.78, 5) is 11.6. The van der Waals surface area contributed by atoms with Gasteiger partial charge in [0.15, 0.2) is 0 Å². The summed E-state index contributed by atoms with van der Waals surface area (Å²) in [6, 6.07) is 3.64. The number of hydrogen-bond donors (Lipinski definition) is 2. The van der Waals surface area contributed by atoms with Gasteiger partial charge in [0.05, 0.1) is 17.9 Å². The van der Waals surface area contributed by atoms with Gasteiger partial charge in [-0.05, 0) is 32.9 Å². The van der Waals surface area contributed by atoms with Crippen LogP contribution in [0.4, 0.5) is 0 Å². The summed E-state index contributed by atoms with van der Waals surface area (Å²) in [5, 5.41) is 12.2. The summed E-state index contributed by atoms with van der Waals surface area (Å²) in [6.07, 6.45) is 1.95. The van der Waals surface area contributed by atoms with E-state index in [-0.39, 0.29) is 5.91 Å². The summed E-state index contributed by atoms with van der Waals surface area (Å²) in [5.41, 5.74) is -0.597. The van der Waals surface area contributed by atoms with Gasteiger partial charge < -0.3 is 14.8 Å². The van der Waals surface area contributed by atoms with Crippen molar-refractivity contribution in [1.82, 2.24) is 5.32 Å². The summed E-state index contributed by atoms with van der Waals surface area (Å²) in [6.45, 7) is 5.25. The van der Waals surface area contributed by atoms with Crippen molar-refractivity contribution in [3.8, 4) is 0 Å². The Labute approximate surface area is 95.7 Å². The Morgan fingerprint density at radius 2 is 2.31 bits per heavy atom. The average Bonchev–Trinajstić information content (AvgIpc) is 2.66. The number of carbonyl (C=O) groups is 1. The van der Waals surface area contributed by atoms with Gasteiger partial charge in [-0.3, -0.25) is 4.79 Å². The van der Waals surface area contributed by atoms with E-state index in [0.717, 1.165) is 5.76 Å². The number of nitrogens with one attached hydrogen (secondary N) is 1. The van der Waals surface area contributed by atoms with Crippen LogP contribution in [-0.2, 0) is 11.2 Å². The number of aliphatic hydroxyl groups excluding tert-OH is 1. The maximum Gasteiger partial charge on any atom is 0.220 e. The number of rotatable bonds is 5. The van der Waals surface area contributed by atoms with E-state index in [9.17, 15) is 9.90 Å². The van der Waals surface area contributed by atoms with Crippen LogP contribution in [0.3, 0.4) is 0 Å². The highest BCUT2D eigenvalue weighted by molar-refractivity contribution is 5.76. The molecule has 0 saturated carbocycles. The van der Waals surface area contributed by atoms with Gasteiger partial charge in [-0.1, -0.05) is 0 Å². The second kappa shape index (κ2) is 5.16. The molecular weight excluding hydrogens is 206 g/mol. The second-order valence-corrected chi connectivity index (χ2v) is 4.53. The zero-order valence-electron chi connectivity index (χ0n) is 9.99. The highest BCUT2D eigenvalue weighted by Gasteiger charge is 2.25. The molecule has 2 N–H and O–H groups in total. The van der Waals surface area contributed by atoms with E-state index >= 15 is 0 Å². The van der Waals surface area contributed by atoms with Crippen LogP contribution in [0.1, 0.15) is 33.0 Å². The zero-order valence-corrected chi connectivity index (χ0v) is 9.99. The maximum atomic E-state index is 11.6. The Kier molecular flexibility index (Phi) is 4.12. The van der Waals surface area contributed by atoms with Crippen LogP contribution in [0.25, 0.3) is 0 Å². The van der Waals surface area contributed by atoms with E-state index in [1.165, 1.54) is 0 Å². The molecule has 1 unspecified atom stereocenters. The summed E-state index contributed by atoms with van der Waals surface area (Å²) >= 11 is 0. The van der Waals surface area contributed by atoms with Crippen LogP contribution in [0.15, 0.2) is 22.8 Å². The van der Waals surface area contributed by atoms with Crippen molar-refractivity contribution in [3.05, 3.63) is 24.2 Å². The number of hydrogen-bond acceptors (Lipinski definition) is 3. The van der Waals surface area contributed by atoms with E-state index in [0.29, 0.717) is 12.8 Å². The summed E-state index contributed by atoms with van der Waals surface area (Å²) < 4.78 is 5.13. The molecular formula is C12H19NO3. The average molecular weight is 225 g/mol. The van der Waals surface area contributed by atoms with Gasteiger partial charge in [-0.2, -0.15) is 0 Å². The van der Waals surface area contributed by atoms with Gasteiger partial charge in [0, 0.05) is 12.8 Å². The number of carbonyl (C=O) groups excluding carboxylic acids is 1. The Balaban J connectivity index is 2.36. The molecule has 1 heterocycles. The lowest BCUT2D eigenvalue weighted by atomic mass is 9.98. The largest absolute Gasteiger partial charge is 0.469 e. The van der Waals surface area contributed by atoms with Crippen molar-refractivity contribution in [3.63, 3.8) is 0 Å². The smallest absolute Gasteiger partial charge is 0.220 e. The van der Waals surface area contributed by atoms with Crippen LogP contribution in [-0.4, -0.2) is 22.7 Å². The number of aliphatic hydroxyl groups is 1. The van der Waals surface area contributed by atoms with Crippen LogP contribution in [0.5, 0.6) is 0 Å². The fraction of sp³-hybridized carbons (Fsp3) is 0.583. The fourth-order valence-corrected chi connectivity index (χ4v) is 1.22. The molecule has 90 valence electrons. The first-order valence-electron chi connectivity index (χ1n) is 5.43. The van der Waals surface area contributed by atoms with E-state index in [1.54, 1.807) is 33.1 Å². The minimum Gasteiger partial charge on any atom is -0.469 e. The van der Waals surface area contributed by atoms with Crippen LogP contribution < -0.4 is 5.32 Å². The van der Waals surface area contributed by atoms with Gasteiger partial charge in [0.2, 0.25) is 5.91 Å². The minimum absolute atomic E-state index is 0.0812. The molecule has 4 nitrogen and oxygen atoms in total. The van der Waals surface area contributed by atoms with Crippen LogP contribution >= 0.6 is 0 Å². The molecule has 1 aromatic heterocycles. The van der Waals surface area contributed by atoms with E-state index < -0.39 is 11.6 Å². The lowest BCUT2D eigenvalue weighted by Gasteiger charge is -2.29. The van der Waals surface area contributed by atoms with Gasteiger partial charge >= 0.3 is 0 Å².